The quantitative estimate of drug-likeness (QED) is 0.383. The number of nitrogens with one attached hydrogen (secondary N) is 1. The number of ether oxygens (including phenoxy) is 2. The lowest BCUT2D eigenvalue weighted by Gasteiger charge is -2.15. The highest BCUT2D eigenvalue weighted by Gasteiger charge is 2.16. The van der Waals surface area contributed by atoms with Crippen LogP contribution in [0.15, 0.2) is 66.7 Å². The minimum absolute atomic E-state index is 0.247. The van der Waals surface area contributed by atoms with Gasteiger partial charge in [-0.25, -0.2) is 9.59 Å². The summed E-state index contributed by atoms with van der Waals surface area (Å²) < 4.78 is 10.1. The summed E-state index contributed by atoms with van der Waals surface area (Å²) >= 11 is 12.6. The molecular weight excluding hydrogens is 413 g/mol. The first-order valence-corrected chi connectivity index (χ1v) is 9.43. The lowest BCUT2D eigenvalue weighted by Crippen LogP contribution is -2.14. The zero-order chi connectivity index (χ0) is 20.8. The third-order valence-electron chi connectivity index (χ3n) is 4.08. The van der Waals surface area contributed by atoms with Crippen LogP contribution in [0.4, 0.5) is 11.4 Å². The highest BCUT2D eigenvalue weighted by atomic mass is 35.5. The van der Waals surface area contributed by atoms with Gasteiger partial charge in [0.15, 0.2) is 0 Å². The van der Waals surface area contributed by atoms with Gasteiger partial charge in [-0.3, -0.25) is 0 Å². The third-order valence-corrected chi connectivity index (χ3v) is 4.88. The zero-order valence-corrected chi connectivity index (χ0v) is 17.0. The summed E-state index contributed by atoms with van der Waals surface area (Å²) in [7, 11) is 0. The van der Waals surface area contributed by atoms with E-state index < -0.39 is 18.7 Å². The maximum atomic E-state index is 12.5. The Morgan fingerprint density at radius 3 is 2.28 bits per heavy atom. The number of aryl methyl sites for hydroxylation is 1. The Bertz CT molecular complexity index is 1040. The van der Waals surface area contributed by atoms with E-state index in [9.17, 15) is 9.59 Å². The molecule has 3 aromatic carbocycles. The van der Waals surface area contributed by atoms with Crippen LogP contribution in [0.5, 0.6) is 0 Å². The molecule has 0 spiro atoms. The molecule has 0 aliphatic carbocycles. The van der Waals surface area contributed by atoms with Crippen LogP contribution in [0, 0.1) is 6.92 Å². The van der Waals surface area contributed by atoms with E-state index in [1.165, 1.54) is 0 Å². The first kappa shape index (κ1) is 20.7. The molecule has 0 amide bonds. The summed E-state index contributed by atoms with van der Waals surface area (Å²) in [5.41, 5.74) is 2.41. The van der Waals surface area contributed by atoms with Gasteiger partial charge in [-0.2, -0.15) is 0 Å². The Labute approximate surface area is 178 Å². The number of halogens is 2. The molecule has 0 radical (unpaired) electrons. The van der Waals surface area contributed by atoms with Gasteiger partial charge in [-0.05, 0) is 42.8 Å². The van der Waals surface area contributed by atoms with Crippen molar-refractivity contribution in [3.63, 3.8) is 0 Å². The van der Waals surface area contributed by atoms with Crippen molar-refractivity contribution >= 4 is 46.5 Å². The van der Waals surface area contributed by atoms with Crippen LogP contribution in [-0.4, -0.2) is 18.7 Å². The Hall–Kier alpha value is -3.02. The van der Waals surface area contributed by atoms with Crippen molar-refractivity contribution < 1.29 is 19.1 Å². The standard InChI is InChI=1S/C22H17Cl2NO4/c1-14-11-12-17(23)20(19(14)24)25-18-10-6-5-9-16(18)22(27)29-13-28-21(26)15-7-3-2-4-8-15/h2-12,25H,13H2,1H3. The first-order chi connectivity index (χ1) is 14.0. The SMILES string of the molecule is Cc1ccc(Cl)c(Nc2ccccc2C(=O)OCOC(=O)c2ccccc2)c1Cl. The van der Waals surface area contributed by atoms with Gasteiger partial charge in [0, 0.05) is 0 Å². The molecule has 0 fully saturated rings. The number of carbonyl (C=O) groups excluding carboxylic acids is 2. The maximum Gasteiger partial charge on any atom is 0.343 e. The summed E-state index contributed by atoms with van der Waals surface area (Å²) in [5, 5.41) is 3.96. The van der Waals surface area contributed by atoms with Crippen molar-refractivity contribution in [2.24, 2.45) is 0 Å². The Morgan fingerprint density at radius 2 is 1.52 bits per heavy atom. The van der Waals surface area contributed by atoms with E-state index in [1.807, 2.05) is 6.92 Å². The van der Waals surface area contributed by atoms with Crippen LogP contribution in [0.3, 0.4) is 0 Å². The molecule has 0 aliphatic heterocycles. The molecule has 7 heteroatoms. The van der Waals surface area contributed by atoms with E-state index in [0.29, 0.717) is 27.0 Å². The molecule has 0 aliphatic rings. The maximum absolute atomic E-state index is 12.5. The summed E-state index contributed by atoms with van der Waals surface area (Å²) in [5.74, 6) is -1.24. The molecule has 0 bridgehead atoms. The van der Waals surface area contributed by atoms with Gasteiger partial charge in [-0.1, -0.05) is 59.6 Å². The fraction of sp³-hybridized carbons (Fsp3) is 0.0909. The van der Waals surface area contributed by atoms with E-state index in [4.69, 9.17) is 32.7 Å². The van der Waals surface area contributed by atoms with E-state index in [0.717, 1.165) is 5.56 Å². The molecule has 3 aromatic rings. The number of rotatable bonds is 6. The second kappa shape index (κ2) is 9.45. The predicted molar refractivity (Wildman–Crippen MR) is 113 cm³/mol. The van der Waals surface area contributed by atoms with Crippen LogP contribution in [0.25, 0.3) is 0 Å². The molecule has 0 unspecified atom stereocenters. The van der Waals surface area contributed by atoms with Gasteiger partial charge >= 0.3 is 11.9 Å². The molecule has 0 heterocycles. The normalized spacial score (nSPS) is 10.3. The molecule has 0 saturated heterocycles. The average molecular weight is 430 g/mol. The number of carbonyl (C=O) groups is 2. The minimum Gasteiger partial charge on any atom is -0.424 e. The Morgan fingerprint density at radius 1 is 0.862 bits per heavy atom. The highest BCUT2D eigenvalue weighted by Crippen LogP contribution is 2.36. The van der Waals surface area contributed by atoms with Gasteiger partial charge in [0.1, 0.15) is 0 Å². The number of benzene rings is 3. The number of esters is 2. The van der Waals surface area contributed by atoms with Gasteiger partial charge in [0.2, 0.25) is 6.79 Å². The molecule has 5 nitrogen and oxygen atoms in total. The smallest absolute Gasteiger partial charge is 0.343 e. The van der Waals surface area contributed by atoms with E-state index in [-0.39, 0.29) is 5.56 Å². The topological polar surface area (TPSA) is 64.6 Å². The van der Waals surface area contributed by atoms with Crippen molar-refractivity contribution in [1.29, 1.82) is 0 Å². The molecule has 148 valence electrons. The van der Waals surface area contributed by atoms with Gasteiger partial charge in [0.25, 0.3) is 0 Å². The molecule has 0 aromatic heterocycles. The molecule has 0 saturated carbocycles. The number of hydrogen-bond acceptors (Lipinski definition) is 5. The van der Waals surface area contributed by atoms with Crippen LogP contribution >= 0.6 is 23.2 Å². The summed E-state index contributed by atoms with van der Waals surface area (Å²) in [6, 6.07) is 18.7. The van der Waals surface area contributed by atoms with Crippen molar-refractivity contribution in [3.05, 3.63) is 93.5 Å². The average Bonchev–Trinajstić information content (AvgIpc) is 2.74. The van der Waals surface area contributed by atoms with E-state index >= 15 is 0 Å². The van der Waals surface area contributed by atoms with Crippen molar-refractivity contribution in [2.45, 2.75) is 6.92 Å². The fourth-order valence-electron chi connectivity index (χ4n) is 2.55. The third kappa shape index (κ3) is 5.08. The second-order valence-electron chi connectivity index (χ2n) is 6.07. The molecular formula is C22H17Cl2NO4. The Kier molecular flexibility index (Phi) is 6.75. The van der Waals surface area contributed by atoms with E-state index in [2.05, 4.69) is 5.32 Å². The number of hydrogen-bond donors (Lipinski definition) is 1. The summed E-state index contributed by atoms with van der Waals surface area (Å²) in [6.45, 7) is 1.35. The molecule has 1 N–H and O–H groups in total. The van der Waals surface area contributed by atoms with Crippen LogP contribution in [0.1, 0.15) is 26.3 Å². The Balaban J connectivity index is 1.69. The lowest BCUT2D eigenvalue weighted by molar-refractivity contribution is -0.0166. The molecule has 29 heavy (non-hydrogen) atoms. The number of anilines is 2. The largest absolute Gasteiger partial charge is 0.424 e. The summed E-state index contributed by atoms with van der Waals surface area (Å²) in [6.07, 6.45) is 0. The van der Waals surface area contributed by atoms with Crippen molar-refractivity contribution in [2.75, 3.05) is 12.1 Å². The molecule has 0 atom stereocenters. The van der Waals surface area contributed by atoms with Gasteiger partial charge < -0.3 is 14.8 Å². The zero-order valence-electron chi connectivity index (χ0n) is 15.4. The lowest BCUT2D eigenvalue weighted by atomic mass is 10.1. The van der Waals surface area contributed by atoms with E-state index in [1.54, 1.807) is 66.7 Å². The fourth-order valence-corrected chi connectivity index (χ4v) is 3.01. The first-order valence-electron chi connectivity index (χ1n) is 8.67. The second-order valence-corrected chi connectivity index (χ2v) is 6.86. The van der Waals surface area contributed by atoms with Crippen LogP contribution < -0.4 is 5.32 Å². The number of para-hydroxylation sites is 1. The van der Waals surface area contributed by atoms with Crippen LogP contribution in [-0.2, 0) is 9.47 Å². The van der Waals surface area contributed by atoms with Crippen LogP contribution in [0.2, 0.25) is 10.0 Å². The summed E-state index contributed by atoms with van der Waals surface area (Å²) in [4.78, 5) is 24.4. The molecule has 3 rings (SSSR count). The monoisotopic (exact) mass is 429 g/mol. The van der Waals surface area contributed by atoms with Gasteiger partial charge in [0.05, 0.1) is 32.5 Å². The predicted octanol–water partition coefficient (Wildman–Crippen LogP) is 6.02. The van der Waals surface area contributed by atoms with Crippen molar-refractivity contribution in [3.8, 4) is 0 Å². The highest BCUT2D eigenvalue weighted by molar-refractivity contribution is 6.39. The minimum atomic E-state index is -0.658. The van der Waals surface area contributed by atoms with Crippen molar-refractivity contribution in [1.82, 2.24) is 0 Å². The van der Waals surface area contributed by atoms with Gasteiger partial charge in [-0.15, -0.1) is 0 Å².